The number of carbonyl (C=O) groups is 1. The molecule has 0 aliphatic rings. The number of nitrogens with zero attached hydrogens (tertiary/aromatic N) is 2. The maximum absolute atomic E-state index is 13.1. The van der Waals surface area contributed by atoms with E-state index in [4.69, 9.17) is 4.98 Å². The number of hydrogen-bond acceptors (Lipinski definition) is 5. The van der Waals surface area contributed by atoms with Crippen molar-refractivity contribution in [3.8, 4) is 6.07 Å². The van der Waals surface area contributed by atoms with Crippen LogP contribution >= 0.6 is 11.3 Å². The van der Waals surface area contributed by atoms with E-state index in [0.29, 0.717) is 23.5 Å². The molecular formula is C34H42N4OSSn. The van der Waals surface area contributed by atoms with Crippen molar-refractivity contribution in [2.24, 2.45) is 0 Å². The normalized spacial score (nSPS) is 11.4. The summed E-state index contributed by atoms with van der Waals surface area (Å²) in [7, 11) is 0. The van der Waals surface area contributed by atoms with Crippen LogP contribution in [0.5, 0.6) is 0 Å². The molecule has 0 atom stereocenters. The number of amides is 1. The number of nitrogens with one attached hydrogen (secondary N) is 2. The van der Waals surface area contributed by atoms with Crippen LogP contribution in [-0.4, -0.2) is 29.3 Å². The van der Waals surface area contributed by atoms with E-state index in [9.17, 15) is 10.1 Å². The molecule has 0 fully saturated rings. The van der Waals surface area contributed by atoms with Gasteiger partial charge in [-0.25, -0.2) is 0 Å². The molecule has 4 aromatic rings. The van der Waals surface area contributed by atoms with E-state index in [1.807, 2.05) is 24.3 Å². The molecule has 2 aromatic carbocycles. The molecule has 0 unspecified atom stereocenters. The Labute approximate surface area is 253 Å². The first-order valence-electron chi connectivity index (χ1n) is 15.1. The van der Waals surface area contributed by atoms with Crippen LogP contribution in [0.2, 0.25) is 13.3 Å². The number of aromatic nitrogens is 1. The van der Waals surface area contributed by atoms with Gasteiger partial charge in [0, 0.05) is 0 Å². The van der Waals surface area contributed by atoms with Gasteiger partial charge in [-0.1, -0.05) is 0 Å². The quantitative estimate of drug-likeness (QED) is 0.124. The van der Waals surface area contributed by atoms with E-state index < -0.39 is 18.4 Å². The van der Waals surface area contributed by atoms with Gasteiger partial charge in [-0.2, -0.15) is 0 Å². The Morgan fingerprint density at radius 3 is 2.20 bits per heavy atom. The van der Waals surface area contributed by atoms with Gasteiger partial charge >= 0.3 is 255 Å². The molecule has 2 aromatic heterocycles. The van der Waals surface area contributed by atoms with Crippen molar-refractivity contribution < 1.29 is 4.79 Å². The fourth-order valence-electron chi connectivity index (χ4n) is 5.69. The molecule has 0 saturated heterocycles. The Balaban J connectivity index is 1.85. The number of rotatable bonds is 15. The molecule has 0 radical (unpaired) electrons. The molecule has 214 valence electrons. The van der Waals surface area contributed by atoms with Crippen molar-refractivity contribution in [1.82, 2.24) is 4.98 Å². The van der Waals surface area contributed by atoms with Gasteiger partial charge in [0.2, 0.25) is 0 Å². The Hall–Kier alpha value is -2.89. The van der Waals surface area contributed by atoms with Crippen molar-refractivity contribution in [2.75, 3.05) is 10.6 Å². The molecule has 0 aliphatic carbocycles. The van der Waals surface area contributed by atoms with Crippen molar-refractivity contribution >= 4 is 61.6 Å². The van der Waals surface area contributed by atoms with Gasteiger partial charge in [-0.15, -0.1) is 0 Å². The van der Waals surface area contributed by atoms with E-state index in [2.05, 4.69) is 67.1 Å². The number of pyridine rings is 1. The zero-order chi connectivity index (χ0) is 29.1. The third-order valence-corrected chi connectivity index (χ3v) is 24.5. The van der Waals surface area contributed by atoms with E-state index in [1.165, 1.54) is 56.7 Å². The number of thiophene rings is 1. The van der Waals surface area contributed by atoms with Gasteiger partial charge < -0.3 is 0 Å². The number of carbonyl (C=O) groups excluding carboxylic acids is 1. The van der Waals surface area contributed by atoms with E-state index in [1.54, 1.807) is 27.0 Å². The van der Waals surface area contributed by atoms with E-state index in [-0.39, 0.29) is 5.91 Å². The number of unbranched alkanes of at least 4 members (excludes halogenated alkanes) is 3. The first kappa shape index (κ1) is 31.1. The summed E-state index contributed by atoms with van der Waals surface area (Å²) in [6.07, 6.45) is 7.54. The molecule has 4 rings (SSSR count). The predicted molar refractivity (Wildman–Crippen MR) is 177 cm³/mol. The third-order valence-electron chi connectivity index (χ3n) is 8.02. The second-order valence-electron chi connectivity index (χ2n) is 10.9. The summed E-state index contributed by atoms with van der Waals surface area (Å²) in [4.78, 5) is 19.1. The van der Waals surface area contributed by atoms with Crippen LogP contribution in [0.1, 0.15) is 80.1 Å². The summed E-state index contributed by atoms with van der Waals surface area (Å²) in [5.74, 6) is 0.0247. The number of hydrogen-bond donors (Lipinski definition) is 2. The molecule has 2 N–H and O–H groups in total. The van der Waals surface area contributed by atoms with Crippen LogP contribution in [0.15, 0.2) is 66.0 Å². The first-order valence-corrected chi connectivity index (χ1v) is 23.4. The summed E-state index contributed by atoms with van der Waals surface area (Å²) < 4.78 is 5.67. The molecular weight excluding hydrogens is 631 g/mol. The summed E-state index contributed by atoms with van der Waals surface area (Å²) in [5.41, 5.74) is 2.47. The monoisotopic (exact) mass is 674 g/mol. The Kier molecular flexibility index (Phi) is 11.6. The van der Waals surface area contributed by atoms with Crippen molar-refractivity contribution in [3.05, 3.63) is 82.0 Å². The van der Waals surface area contributed by atoms with E-state index >= 15 is 0 Å². The number of fused-ring (bicyclic) bond motifs is 1. The maximum atomic E-state index is 13.1. The fourth-order valence-corrected chi connectivity index (χ4v) is 22.3. The van der Waals surface area contributed by atoms with Crippen LogP contribution in [-0.2, 0) is 6.54 Å². The molecule has 1 amide bonds. The van der Waals surface area contributed by atoms with Crippen LogP contribution in [0.3, 0.4) is 0 Å². The Bertz CT molecular complexity index is 1440. The van der Waals surface area contributed by atoms with Crippen LogP contribution < -0.4 is 14.2 Å². The van der Waals surface area contributed by atoms with Gasteiger partial charge in [-0.3, -0.25) is 0 Å². The molecule has 41 heavy (non-hydrogen) atoms. The van der Waals surface area contributed by atoms with Gasteiger partial charge in [0.15, 0.2) is 0 Å². The van der Waals surface area contributed by atoms with Crippen LogP contribution in [0.25, 0.3) is 10.9 Å². The summed E-state index contributed by atoms with van der Waals surface area (Å²) in [6.45, 7) is 7.52. The average molecular weight is 674 g/mol. The van der Waals surface area contributed by atoms with Gasteiger partial charge in [0.25, 0.3) is 0 Å². The Morgan fingerprint density at radius 2 is 1.61 bits per heavy atom. The molecule has 0 aliphatic heterocycles. The van der Waals surface area contributed by atoms with Crippen LogP contribution in [0.4, 0.5) is 11.5 Å². The van der Waals surface area contributed by atoms with Crippen molar-refractivity contribution in [3.63, 3.8) is 0 Å². The zero-order valence-electron chi connectivity index (χ0n) is 24.6. The molecule has 2 heterocycles. The standard InChI is InChI=1S/C22H15N4OS.3C4H9.Sn/c23-13-18-20(24-14-16-9-6-12-28-16)17-10-4-5-11-19(17)25-21(18)26-22(27)15-7-2-1-3-8-15;3*1-3-4-2;/h1-3,5-12H,14H2,(H2,24,25,26,27);3*1,3-4H2,2H3;. The number of nitriles is 1. The van der Waals surface area contributed by atoms with Crippen molar-refractivity contribution in [1.29, 1.82) is 5.26 Å². The van der Waals surface area contributed by atoms with E-state index in [0.717, 1.165) is 16.6 Å². The van der Waals surface area contributed by atoms with Gasteiger partial charge in [-0.05, 0) is 0 Å². The summed E-state index contributed by atoms with van der Waals surface area (Å²) in [5, 5.41) is 20.0. The minimum atomic E-state index is -2.73. The fraction of sp³-hybridized carbons (Fsp3) is 0.382. The second-order valence-corrected chi connectivity index (χ2v) is 25.2. The summed E-state index contributed by atoms with van der Waals surface area (Å²) >= 11 is -1.04. The van der Waals surface area contributed by atoms with Gasteiger partial charge in [0.05, 0.1) is 0 Å². The molecule has 0 saturated carbocycles. The average Bonchev–Trinajstić information content (AvgIpc) is 3.53. The summed E-state index contributed by atoms with van der Waals surface area (Å²) in [6, 6.07) is 22.4. The SMILES string of the molecule is CCC[CH2][Sn]([CH2]CCC)([CH2]CCC)[c]1ccc2nc(NC(=O)c3ccccc3)c(C#N)c(NCc3cccs3)c2c1. The topological polar surface area (TPSA) is 77.8 Å². The number of anilines is 2. The second kappa shape index (κ2) is 15.4. The molecule has 0 bridgehead atoms. The van der Waals surface area contributed by atoms with Gasteiger partial charge in [0.1, 0.15) is 0 Å². The molecule has 7 heteroatoms. The van der Waals surface area contributed by atoms with Crippen molar-refractivity contribution in [2.45, 2.75) is 79.2 Å². The zero-order valence-corrected chi connectivity index (χ0v) is 28.3. The minimum absolute atomic E-state index is 0.274. The Morgan fingerprint density at radius 1 is 0.927 bits per heavy atom. The predicted octanol–water partition coefficient (Wildman–Crippen LogP) is 9.09. The van der Waals surface area contributed by atoms with Crippen LogP contribution in [0, 0.1) is 11.3 Å². The molecule has 0 spiro atoms. The number of benzene rings is 2. The first-order chi connectivity index (χ1) is 20.0. The third kappa shape index (κ3) is 7.69. The molecule has 5 nitrogen and oxygen atoms in total.